The first-order valence-corrected chi connectivity index (χ1v) is 11.6. The van der Waals surface area contributed by atoms with Crippen LogP contribution in [0, 0.1) is 0 Å². The van der Waals surface area contributed by atoms with Gasteiger partial charge in [0.1, 0.15) is 18.0 Å². The van der Waals surface area contributed by atoms with Gasteiger partial charge < -0.3 is 14.5 Å². The number of fused-ring (bicyclic) bond motifs is 1. The van der Waals surface area contributed by atoms with E-state index in [0.29, 0.717) is 43.9 Å². The summed E-state index contributed by atoms with van der Waals surface area (Å²) in [5.74, 6) is 0.401. The minimum absolute atomic E-state index is 0.0435. The lowest BCUT2D eigenvalue weighted by molar-refractivity contribution is 0.0923. The number of sulfonamides is 1. The van der Waals surface area contributed by atoms with Gasteiger partial charge in [0.05, 0.1) is 11.9 Å². The van der Waals surface area contributed by atoms with Crippen molar-refractivity contribution in [2.45, 2.75) is 25.5 Å². The van der Waals surface area contributed by atoms with Crippen molar-refractivity contribution in [3.05, 3.63) is 66.1 Å². The molecule has 1 aliphatic rings. The van der Waals surface area contributed by atoms with Gasteiger partial charge in [-0.15, -0.1) is 0 Å². The van der Waals surface area contributed by atoms with Crippen LogP contribution in [-0.4, -0.2) is 53.4 Å². The number of ether oxygens (including phenoxy) is 1. The van der Waals surface area contributed by atoms with Gasteiger partial charge in [-0.1, -0.05) is 12.1 Å². The smallest absolute Gasteiger partial charge is 0.251 e. The predicted molar refractivity (Wildman–Crippen MR) is 113 cm³/mol. The highest BCUT2D eigenvalue weighted by molar-refractivity contribution is 7.88. The number of carbonyl (C=O) groups excluding carboxylic acids is 1. The van der Waals surface area contributed by atoms with Crippen molar-refractivity contribution in [3.63, 3.8) is 0 Å². The van der Waals surface area contributed by atoms with E-state index in [1.165, 1.54) is 10.6 Å². The van der Waals surface area contributed by atoms with Crippen LogP contribution < -0.4 is 10.1 Å². The molecule has 9 heteroatoms. The molecule has 0 aliphatic carbocycles. The van der Waals surface area contributed by atoms with Crippen molar-refractivity contribution in [2.75, 3.05) is 19.3 Å². The van der Waals surface area contributed by atoms with Crippen LogP contribution >= 0.6 is 0 Å². The summed E-state index contributed by atoms with van der Waals surface area (Å²) in [6, 6.07) is 12.8. The fourth-order valence-corrected chi connectivity index (χ4v) is 4.42. The maximum atomic E-state index is 12.6. The summed E-state index contributed by atoms with van der Waals surface area (Å²) in [5.41, 5.74) is 2.16. The Morgan fingerprint density at radius 3 is 2.73 bits per heavy atom. The molecular formula is C21H24N4O4S. The molecule has 0 bridgehead atoms. The Hall–Kier alpha value is -2.91. The zero-order chi connectivity index (χ0) is 21.1. The standard InChI is InChI=1S/C21H24N4O4S/c1-30(27,28)25-11-8-17(9-12-25)23-21(26)16-5-4-6-19(13-16)29-15-18-14-24-10-3-2-7-20(24)22-18/h2-7,10,13-14,17H,8-9,11-12,15H2,1H3,(H,23,26). The average molecular weight is 429 g/mol. The highest BCUT2D eigenvalue weighted by Gasteiger charge is 2.26. The molecule has 1 aromatic carbocycles. The lowest BCUT2D eigenvalue weighted by Crippen LogP contribution is -2.46. The number of nitrogens with one attached hydrogen (secondary N) is 1. The van der Waals surface area contributed by atoms with Crippen LogP contribution in [-0.2, 0) is 16.6 Å². The molecule has 0 spiro atoms. The number of rotatable bonds is 6. The molecule has 1 amide bonds. The summed E-state index contributed by atoms with van der Waals surface area (Å²) in [4.78, 5) is 17.1. The van der Waals surface area contributed by atoms with Gasteiger partial charge in [-0.05, 0) is 43.2 Å². The third kappa shape index (κ3) is 4.80. The molecule has 2 aromatic heterocycles. The van der Waals surface area contributed by atoms with Gasteiger partial charge >= 0.3 is 0 Å². The predicted octanol–water partition coefficient (Wildman–Crippen LogP) is 2.07. The van der Waals surface area contributed by atoms with Crippen LogP contribution in [0.25, 0.3) is 5.65 Å². The molecule has 1 saturated heterocycles. The van der Waals surface area contributed by atoms with E-state index in [4.69, 9.17) is 4.74 Å². The second-order valence-corrected chi connectivity index (χ2v) is 9.41. The van der Waals surface area contributed by atoms with Gasteiger partial charge in [0, 0.05) is 37.1 Å². The number of hydrogen-bond acceptors (Lipinski definition) is 5. The molecule has 30 heavy (non-hydrogen) atoms. The number of aromatic nitrogens is 2. The molecule has 0 unspecified atom stereocenters. The number of imidazole rings is 1. The third-order valence-corrected chi connectivity index (χ3v) is 6.46. The Kier molecular flexibility index (Phi) is 5.74. The summed E-state index contributed by atoms with van der Waals surface area (Å²) in [5, 5.41) is 2.99. The monoisotopic (exact) mass is 428 g/mol. The molecule has 3 aromatic rings. The lowest BCUT2D eigenvalue weighted by atomic mass is 10.1. The van der Waals surface area contributed by atoms with Gasteiger partial charge in [0.25, 0.3) is 5.91 Å². The second kappa shape index (κ2) is 8.45. The molecule has 1 N–H and O–H groups in total. The first kappa shape index (κ1) is 20.4. The van der Waals surface area contributed by atoms with Gasteiger partial charge in [-0.2, -0.15) is 0 Å². The van der Waals surface area contributed by atoms with E-state index in [9.17, 15) is 13.2 Å². The average Bonchev–Trinajstić information content (AvgIpc) is 3.15. The van der Waals surface area contributed by atoms with Crippen LogP contribution in [0.2, 0.25) is 0 Å². The summed E-state index contributed by atoms with van der Waals surface area (Å²) < 4.78 is 32.4. The summed E-state index contributed by atoms with van der Waals surface area (Å²) >= 11 is 0. The van der Waals surface area contributed by atoms with Crippen molar-refractivity contribution < 1.29 is 17.9 Å². The maximum Gasteiger partial charge on any atom is 0.251 e. The van der Waals surface area contributed by atoms with E-state index in [0.717, 1.165) is 11.3 Å². The second-order valence-electron chi connectivity index (χ2n) is 7.42. The van der Waals surface area contributed by atoms with E-state index >= 15 is 0 Å². The van der Waals surface area contributed by atoms with Crippen LogP contribution in [0.15, 0.2) is 54.9 Å². The summed E-state index contributed by atoms with van der Waals surface area (Å²) in [6.45, 7) is 1.15. The van der Waals surface area contributed by atoms with Gasteiger partial charge in [-0.25, -0.2) is 17.7 Å². The number of amides is 1. The minimum Gasteiger partial charge on any atom is -0.487 e. The Labute approximate surface area is 175 Å². The molecule has 158 valence electrons. The zero-order valence-electron chi connectivity index (χ0n) is 16.7. The Balaban J connectivity index is 1.34. The third-order valence-electron chi connectivity index (χ3n) is 5.15. The SMILES string of the molecule is CS(=O)(=O)N1CCC(NC(=O)c2cccc(OCc3cn4ccccc4n3)c2)CC1. The molecule has 1 aliphatic heterocycles. The first-order chi connectivity index (χ1) is 14.4. The van der Waals surface area contributed by atoms with E-state index in [2.05, 4.69) is 10.3 Å². The molecule has 0 saturated carbocycles. The molecule has 0 radical (unpaired) electrons. The number of piperidine rings is 1. The van der Waals surface area contributed by atoms with E-state index in [1.807, 2.05) is 35.0 Å². The normalized spacial score (nSPS) is 15.9. The molecule has 3 heterocycles. The molecule has 8 nitrogen and oxygen atoms in total. The van der Waals surface area contributed by atoms with Gasteiger partial charge in [-0.3, -0.25) is 4.79 Å². The van der Waals surface area contributed by atoms with Crippen LogP contribution in [0.4, 0.5) is 0 Å². The fourth-order valence-electron chi connectivity index (χ4n) is 3.54. The van der Waals surface area contributed by atoms with Crippen molar-refractivity contribution in [3.8, 4) is 5.75 Å². The van der Waals surface area contributed by atoms with Crippen LogP contribution in [0.1, 0.15) is 28.9 Å². The molecule has 0 atom stereocenters. The van der Waals surface area contributed by atoms with Gasteiger partial charge in [0.2, 0.25) is 10.0 Å². The summed E-state index contributed by atoms with van der Waals surface area (Å²) in [7, 11) is -3.18. The van der Waals surface area contributed by atoms with Gasteiger partial charge in [0.15, 0.2) is 0 Å². The number of hydrogen-bond donors (Lipinski definition) is 1. The van der Waals surface area contributed by atoms with Crippen molar-refractivity contribution in [1.29, 1.82) is 0 Å². The van der Waals surface area contributed by atoms with E-state index in [-0.39, 0.29) is 11.9 Å². The molecule has 4 rings (SSSR count). The van der Waals surface area contributed by atoms with E-state index in [1.54, 1.807) is 24.3 Å². The molecule has 1 fully saturated rings. The highest BCUT2D eigenvalue weighted by atomic mass is 32.2. The molecular weight excluding hydrogens is 404 g/mol. The summed E-state index contributed by atoms with van der Waals surface area (Å²) in [6.07, 6.45) is 6.25. The van der Waals surface area contributed by atoms with Crippen LogP contribution in [0.3, 0.4) is 0 Å². The van der Waals surface area contributed by atoms with Crippen LogP contribution in [0.5, 0.6) is 5.75 Å². The number of benzene rings is 1. The Bertz CT molecular complexity index is 1120. The topological polar surface area (TPSA) is 93.0 Å². The minimum atomic E-state index is -3.18. The maximum absolute atomic E-state index is 12.6. The fraction of sp³-hybridized carbons (Fsp3) is 0.333. The first-order valence-electron chi connectivity index (χ1n) is 9.80. The Morgan fingerprint density at radius 1 is 1.20 bits per heavy atom. The lowest BCUT2D eigenvalue weighted by Gasteiger charge is -2.30. The highest BCUT2D eigenvalue weighted by Crippen LogP contribution is 2.17. The Morgan fingerprint density at radius 2 is 2.00 bits per heavy atom. The number of nitrogens with zero attached hydrogens (tertiary/aromatic N) is 3. The number of pyridine rings is 1. The quantitative estimate of drug-likeness (QED) is 0.649. The van der Waals surface area contributed by atoms with Crippen molar-refractivity contribution in [2.24, 2.45) is 0 Å². The van der Waals surface area contributed by atoms with E-state index < -0.39 is 10.0 Å². The largest absolute Gasteiger partial charge is 0.487 e. The van der Waals surface area contributed by atoms with Crippen molar-refractivity contribution in [1.82, 2.24) is 19.0 Å². The van der Waals surface area contributed by atoms with Crippen molar-refractivity contribution >= 4 is 21.6 Å². The number of carbonyl (C=O) groups is 1. The zero-order valence-corrected chi connectivity index (χ0v) is 17.5.